The lowest BCUT2D eigenvalue weighted by atomic mass is 10.2. The summed E-state index contributed by atoms with van der Waals surface area (Å²) in [5.74, 6) is -0.126. The number of carbonyl (C=O) groups excluding carboxylic acids is 1. The van der Waals surface area contributed by atoms with Gasteiger partial charge < -0.3 is 4.74 Å². The molecule has 2 N–H and O–H groups in total. The number of nitrogens with one attached hydrogen (secondary N) is 1. The van der Waals surface area contributed by atoms with Crippen LogP contribution in [0.5, 0.6) is 0 Å². The highest BCUT2D eigenvalue weighted by Crippen LogP contribution is 2.03. The molecule has 0 aliphatic carbocycles. The second-order valence-corrected chi connectivity index (χ2v) is 4.62. The van der Waals surface area contributed by atoms with Crippen LogP contribution in [0.2, 0.25) is 0 Å². The SMILES string of the molecule is COC(=O)[C@@H](CCSC)NS(=O)(=O)O. The van der Waals surface area contributed by atoms with E-state index in [4.69, 9.17) is 4.55 Å². The van der Waals surface area contributed by atoms with E-state index in [9.17, 15) is 13.2 Å². The Bertz CT molecular complexity index is 276. The molecule has 0 heterocycles. The normalized spacial score (nSPS) is 13.6. The number of hydrogen-bond donors (Lipinski definition) is 2. The molecule has 8 heteroatoms. The number of carbonyl (C=O) groups is 1. The van der Waals surface area contributed by atoms with Crippen LogP contribution >= 0.6 is 11.8 Å². The summed E-state index contributed by atoms with van der Waals surface area (Å²) in [6.07, 6.45) is 2.09. The molecule has 0 saturated carbocycles. The van der Waals surface area contributed by atoms with Crippen LogP contribution in [0, 0.1) is 0 Å². The maximum atomic E-state index is 11.0. The lowest BCUT2D eigenvalue weighted by Crippen LogP contribution is -2.41. The van der Waals surface area contributed by atoms with Gasteiger partial charge in [-0.25, -0.2) is 0 Å². The number of esters is 1. The van der Waals surface area contributed by atoms with Crippen LogP contribution in [0.1, 0.15) is 6.42 Å². The van der Waals surface area contributed by atoms with E-state index in [-0.39, 0.29) is 6.42 Å². The van der Waals surface area contributed by atoms with E-state index in [2.05, 4.69) is 4.74 Å². The fourth-order valence-corrected chi connectivity index (χ4v) is 1.83. The average Bonchev–Trinajstić information content (AvgIpc) is 2.09. The Morgan fingerprint density at radius 2 is 2.21 bits per heavy atom. The third-order valence-electron chi connectivity index (χ3n) is 1.39. The molecule has 0 aromatic carbocycles. The molecule has 14 heavy (non-hydrogen) atoms. The number of rotatable bonds is 6. The zero-order valence-electron chi connectivity index (χ0n) is 7.89. The van der Waals surface area contributed by atoms with Gasteiger partial charge in [-0.2, -0.15) is 24.9 Å². The molecular weight excluding hydrogens is 230 g/mol. The lowest BCUT2D eigenvalue weighted by molar-refractivity contribution is -0.142. The molecule has 0 fully saturated rings. The summed E-state index contributed by atoms with van der Waals surface area (Å²) in [5, 5.41) is 0. The van der Waals surface area contributed by atoms with E-state index < -0.39 is 22.3 Å². The molecule has 0 aliphatic heterocycles. The second-order valence-electron chi connectivity index (χ2n) is 2.45. The van der Waals surface area contributed by atoms with Gasteiger partial charge in [0.25, 0.3) is 0 Å². The van der Waals surface area contributed by atoms with Crippen LogP contribution in [-0.4, -0.2) is 44.1 Å². The Morgan fingerprint density at radius 1 is 1.64 bits per heavy atom. The van der Waals surface area contributed by atoms with E-state index in [1.54, 1.807) is 4.72 Å². The fourth-order valence-electron chi connectivity index (χ4n) is 0.783. The summed E-state index contributed by atoms with van der Waals surface area (Å²) in [5.41, 5.74) is 0. The van der Waals surface area contributed by atoms with E-state index in [1.165, 1.54) is 11.8 Å². The van der Waals surface area contributed by atoms with Crippen LogP contribution in [0.15, 0.2) is 0 Å². The highest BCUT2D eigenvalue weighted by molar-refractivity contribution is 7.98. The van der Waals surface area contributed by atoms with E-state index in [0.717, 1.165) is 7.11 Å². The Kier molecular flexibility index (Phi) is 6.09. The van der Waals surface area contributed by atoms with Crippen LogP contribution in [0.25, 0.3) is 0 Å². The number of hydrogen-bond acceptors (Lipinski definition) is 5. The highest BCUT2D eigenvalue weighted by atomic mass is 32.2. The minimum atomic E-state index is -4.37. The van der Waals surface area contributed by atoms with Gasteiger partial charge in [-0.15, -0.1) is 0 Å². The molecule has 0 radical (unpaired) electrons. The van der Waals surface area contributed by atoms with Gasteiger partial charge in [-0.1, -0.05) is 0 Å². The smallest absolute Gasteiger partial charge is 0.334 e. The fraction of sp³-hybridized carbons (Fsp3) is 0.833. The highest BCUT2D eigenvalue weighted by Gasteiger charge is 2.23. The summed E-state index contributed by atoms with van der Waals surface area (Å²) in [4.78, 5) is 11.0. The first kappa shape index (κ1) is 13.7. The molecule has 0 aliphatic rings. The molecule has 1 atom stereocenters. The Morgan fingerprint density at radius 3 is 2.57 bits per heavy atom. The molecular formula is C6H13NO5S2. The minimum absolute atomic E-state index is 0.271. The van der Waals surface area contributed by atoms with Crippen molar-refractivity contribution in [2.75, 3.05) is 19.1 Å². The van der Waals surface area contributed by atoms with Crippen LogP contribution in [0.4, 0.5) is 0 Å². The summed E-state index contributed by atoms with van der Waals surface area (Å²) in [6, 6.07) is -1.03. The Labute approximate surface area is 87.3 Å². The monoisotopic (exact) mass is 243 g/mol. The van der Waals surface area contributed by atoms with Crippen molar-refractivity contribution < 1.29 is 22.5 Å². The van der Waals surface area contributed by atoms with Gasteiger partial charge in [0, 0.05) is 0 Å². The first-order chi connectivity index (χ1) is 6.40. The molecule has 0 aromatic heterocycles. The molecule has 0 amide bonds. The number of thioether (sulfide) groups is 1. The first-order valence-corrected chi connectivity index (χ1v) is 6.55. The largest absolute Gasteiger partial charge is 0.468 e. The molecule has 0 spiro atoms. The van der Waals surface area contributed by atoms with Crippen molar-refractivity contribution in [2.24, 2.45) is 0 Å². The summed E-state index contributed by atoms with van der Waals surface area (Å²) >= 11 is 1.46. The maximum absolute atomic E-state index is 11.0. The maximum Gasteiger partial charge on any atom is 0.334 e. The Balaban J connectivity index is 4.32. The summed E-state index contributed by atoms with van der Waals surface area (Å²) in [7, 11) is -3.22. The number of ether oxygens (including phenoxy) is 1. The zero-order chi connectivity index (χ0) is 11.2. The van der Waals surface area contributed by atoms with Gasteiger partial charge in [0.05, 0.1) is 7.11 Å². The summed E-state index contributed by atoms with van der Waals surface area (Å²) in [6.45, 7) is 0. The molecule has 0 aromatic rings. The third kappa shape index (κ3) is 6.19. The van der Waals surface area contributed by atoms with Crippen LogP contribution < -0.4 is 4.72 Å². The van der Waals surface area contributed by atoms with Gasteiger partial charge in [0.15, 0.2) is 0 Å². The van der Waals surface area contributed by atoms with E-state index >= 15 is 0 Å². The standard InChI is InChI=1S/C6H13NO5S2/c1-12-6(8)5(3-4-13-2)7-14(9,10)11/h5,7H,3-4H2,1-2H3,(H,9,10,11)/t5-/m1/s1. The quantitative estimate of drug-likeness (QED) is 0.490. The molecule has 6 nitrogen and oxygen atoms in total. The second kappa shape index (κ2) is 6.23. The molecule has 0 saturated heterocycles. The van der Waals surface area contributed by atoms with Gasteiger partial charge in [-0.3, -0.25) is 9.35 Å². The average molecular weight is 243 g/mol. The van der Waals surface area contributed by atoms with Crippen molar-refractivity contribution in [3.05, 3.63) is 0 Å². The minimum Gasteiger partial charge on any atom is -0.468 e. The van der Waals surface area contributed by atoms with E-state index in [0.29, 0.717) is 5.75 Å². The van der Waals surface area contributed by atoms with Crippen molar-refractivity contribution in [3.63, 3.8) is 0 Å². The number of methoxy groups -OCH3 is 1. The van der Waals surface area contributed by atoms with Gasteiger partial charge >= 0.3 is 16.3 Å². The molecule has 0 unspecified atom stereocenters. The van der Waals surface area contributed by atoms with Crippen LogP contribution in [0.3, 0.4) is 0 Å². The lowest BCUT2D eigenvalue weighted by Gasteiger charge is -2.13. The summed E-state index contributed by atoms with van der Waals surface area (Å²) < 4.78 is 35.5. The zero-order valence-corrected chi connectivity index (χ0v) is 9.52. The third-order valence-corrected chi connectivity index (χ3v) is 2.61. The van der Waals surface area contributed by atoms with Crippen LogP contribution in [-0.2, 0) is 19.8 Å². The van der Waals surface area contributed by atoms with Crippen molar-refractivity contribution in [2.45, 2.75) is 12.5 Å². The van der Waals surface area contributed by atoms with Crippen molar-refractivity contribution >= 4 is 28.0 Å². The molecule has 0 bridgehead atoms. The molecule has 84 valence electrons. The Hall–Kier alpha value is -0.310. The van der Waals surface area contributed by atoms with Gasteiger partial charge in [-0.05, 0) is 18.4 Å². The first-order valence-electron chi connectivity index (χ1n) is 3.72. The predicted octanol–water partition coefficient (Wildman–Crippen LogP) is -0.326. The van der Waals surface area contributed by atoms with Gasteiger partial charge in [0.2, 0.25) is 0 Å². The van der Waals surface area contributed by atoms with Crippen molar-refractivity contribution in [1.29, 1.82) is 0 Å². The van der Waals surface area contributed by atoms with Gasteiger partial charge in [0.1, 0.15) is 6.04 Å². The topological polar surface area (TPSA) is 92.7 Å². The molecule has 0 rings (SSSR count). The van der Waals surface area contributed by atoms with Crippen molar-refractivity contribution in [1.82, 2.24) is 4.72 Å². The predicted molar refractivity (Wildman–Crippen MR) is 53.5 cm³/mol. The van der Waals surface area contributed by atoms with E-state index in [1.807, 2.05) is 6.26 Å². The van der Waals surface area contributed by atoms with Crippen molar-refractivity contribution in [3.8, 4) is 0 Å².